The van der Waals surface area contributed by atoms with Crippen molar-refractivity contribution in [3.05, 3.63) is 88.7 Å². The molecule has 10 heteroatoms. The van der Waals surface area contributed by atoms with Crippen molar-refractivity contribution >= 4 is 44.8 Å². The van der Waals surface area contributed by atoms with E-state index in [-0.39, 0.29) is 22.7 Å². The molecular weight excluding hydrogens is 457 g/mol. The average molecular weight is 476 g/mol. The van der Waals surface area contributed by atoms with Gasteiger partial charge in [0.25, 0.3) is 15.9 Å². The number of amides is 2. The van der Waals surface area contributed by atoms with Crippen molar-refractivity contribution in [3.63, 3.8) is 0 Å². The molecule has 3 rings (SSSR count). The number of hydrogen-bond acceptors (Lipinski definition) is 4. The summed E-state index contributed by atoms with van der Waals surface area (Å²) in [6, 6.07) is 15.6. The lowest BCUT2D eigenvalue weighted by Crippen LogP contribution is -2.33. The number of rotatable bonds is 7. The summed E-state index contributed by atoms with van der Waals surface area (Å²) in [7, 11) is -4.13. The molecule has 0 fully saturated rings. The molecule has 3 N–H and O–H groups in total. The van der Waals surface area contributed by atoms with Gasteiger partial charge in [-0.25, -0.2) is 12.8 Å². The summed E-state index contributed by atoms with van der Waals surface area (Å²) in [6.07, 6.45) is 0. The van der Waals surface area contributed by atoms with E-state index in [1.807, 2.05) is 0 Å². The highest BCUT2D eigenvalue weighted by molar-refractivity contribution is 7.92. The molecule has 0 saturated carbocycles. The molecule has 166 valence electrons. The highest BCUT2D eigenvalue weighted by Gasteiger charge is 2.18. The SMILES string of the molecule is Cc1c(Cl)cccc1NC(=O)CNC(=O)c1cccc(S(=O)(=O)Nc2ccccc2F)c1. The first-order valence-corrected chi connectivity index (χ1v) is 11.2. The lowest BCUT2D eigenvalue weighted by atomic mass is 10.2. The predicted molar refractivity (Wildman–Crippen MR) is 121 cm³/mol. The van der Waals surface area contributed by atoms with Gasteiger partial charge in [-0.05, 0) is 55.0 Å². The topological polar surface area (TPSA) is 104 Å². The second-order valence-electron chi connectivity index (χ2n) is 6.76. The highest BCUT2D eigenvalue weighted by Crippen LogP contribution is 2.23. The van der Waals surface area contributed by atoms with Gasteiger partial charge in [-0.3, -0.25) is 14.3 Å². The summed E-state index contributed by atoms with van der Waals surface area (Å²) >= 11 is 6.02. The molecule has 0 spiro atoms. The van der Waals surface area contributed by atoms with E-state index >= 15 is 0 Å². The number of sulfonamides is 1. The second-order valence-corrected chi connectivity index (χ2v) is 8.85. The molecule has 3 aromatic rings. The number of halogens is 2. The van der Waals surface area contributed by atoms with Crippen LogP contribution in [-0.4, -0.2) is 26.8 Å². The van der Waals surface area contributed by atoms with E-state index in [1.165, 1.54) is 36.4 Å². The number of carbonyl (C=O) groups excluding carboxylic acids is 2. The molecule has 2 amide bonds. The van der Waals surface area contributed by atoms with Crippen molar-refractivity contribution in [2.24, 2.45) is 0 Å². The maximum atomic E-state index is 13.8. The lowest BCUT2D eigenvalue weighted by molar-refractivity contribution is -0.115. The average Bonchev–Trinajstić information content (AvgIpc) is 2.77. The minimum Gasteiger partial charge on any atom is -0.343 e. The van der Waals surface area contributed by atoms with Crippen LogP contribution in [0.3, 0.4) is 0 Å². The third kappa shape index (κ3) is 5.63. The normalized spacial score (nSPS) is 11.0. The molecule has 0 aromatic heterocycles. The van der Waals surface area contributed by atoms with Crippen LogP contribution >= 0.6 is 11.6 Å². The van der Waals surface area contributed by atoms with Crippen molar-refractivity contribution in [1.82, 2.24) is 5.32 Å². The largest absolute Gasteiger partial charge is 0.343 e. The molecule has 32 heavy (non-hydrogen) atoms. The van der Waals surface area contributed by atoms with E-state index in [0.29, 0.717) is 16.3 Å². The number of hydrogen-bond donors (Lipinski definition) is 3. The molecule has 0 bridgehead atoms. The zero-order chi connectivity index (χ0) is 23.3. The number of carbonyl (C=O) groups is 2. The lowest BCUT2D eigenvalue weighted by Gasteiger charge is -2.11. The van der Waals surface area contributed by atoms with Crippen LogP contribution in [0.15, 0.2) is 71.6 Å². The molecule has 0 saturated heterocycles. The first-order valence-electron chi connectivity index (χ1n) is 9.38. The van der Waals surface area contributed by atoms with E-state index in [0.717, 1.165) is 12.1 Å². The summed E-state index contributed by atoms with van der Waals surface area (Å²) in [4.78, 5) is 24.4. The molecule has 0 radical (unpaired) electrons. The zero-order valence-corrected chi connectivity index (χ0v) is 18.4. The van der Waals surface area contributed by atoms with Gasteiger partial charge in [-0.1, -0.05) is 35.9 Å². The molecule has 0 unspecified atom stereocenters. The van der Waals surface area contributed by atoms with Gasteiger partial charge in [0, 0.05) is 16.3 Å². The Hall–Kier alpha value is -3.43. The van der Waals surface area contributed by atoms with Crippen molar-refractivity contribution in [1.29, 1.82) is 0 Å². The van der Waals surface area contributed by atoms with Gasteiger partial charge in [0.05, 0.1) is 17.1 Å². The fraction of sp³-hybridized carbons (Fsp3) is 0.0909. The van der Waals surface area contributed by atoms with Crippen LogP contribution in [0.2, 0.25) is 5.02 Å². The smallest absolute Gasteiger partial charge is 0.262 e. The van der Waals surface area contributed by atoms with E-state index in [1.54, 1.807) is 25.1 Å². The highest BCUT2D eigenvalue weighted by atomic mass is 35.5. The maximum Gasteiger partial charge on any atom is 0.262 e. The van der Waals surface area contributed by atoms with Crippen LogP contribution in [0.5, 0.6) is 0 Å². The van der Waals surface area contributed by atoms with Gasteiger partial charge < -0.3 is 10.6 Å². The molecule has 0 aliphatic rings. The molecule has 0 heterocycles. The van der Waals surface area contributed by atoms with Crippen LogP contribution in [-0.2, 0) is 14.8 Å². The van der Waals surface area contributed by atoms with Crippen molar-refractivity contribution in [3.8, 4) is 0 Å². The van der Waals surface area contributed by atoms with E-state index in [4.69, 9.17) is 11.6 Å². The van der Waals surface area contributed by atoms with Crippen LogP contribution in [0, 0.1) is 12.7 Å². The van der Waals surface area contributed by atoms with Crippen LogP contribution in [0.4, 0.5) is 15.8 Å². The summed E-state index contributed by atoms with van der Waals surface area (Å²) in [6.45, 7) is 1.41. The van der Waals surface area contributed by atoms with Gasteiger partial charge in [0.2, 0.25) is 5.91 Å². The number of anilines is 2. The van der Waals surface area contributed by atoms with E-state index in [2.05, 4.69) is 15.4 Å². The predicted octanol–water partition coefficient (Wildman–Crippen LogP) is 3.96. The second kappa shape index (κ2) is 9.80. The van der Waals surface area contributed by atoms with Gasteiger partial charge in [0.15, 0.2) is 0 Å². The zero-order valence-electron chi connectivity index (χ0n) is 16.9. The maximum absolute atomic E-state index is 13.8. The van der Waals surface area contributed by atoms with Crippen molar-refractivity contribution in [2.45, 2.75) is 11.8 Å². The third-order valence-corrected chi connectivity index (χ3v) is 6.25. The standard InChI is InChI=1S/C22H19ClFN3O4S/c1-14-17(23)8-5-11-19(14)26-21(28)13-25-22(29)15-6-4-7-16(12-15)32(30,31)27-20-10-3-2-9-18(20)24/h2-12,27H,13H2,1H3,(H,25,29)(H,26,28). The van der Waals surface area contributed by atoms with Gasteiger partial charge >= 0.3 is 0 Å². The monoisotopic (exact) mass is 475 g/mol. The Morgan fingerprint density at radius 3 is 2.41 bits per heavy atom. The number of nitrogens with one attached hydrogen (secondary N) is 3. The molecule has 0 aliphatic heterocycles. The summed E-state index contributed by atoms with van der Waals surface area (Å²) in [5.41, 5.74) is 1.02. The van der Waals surface area contributed by atoms with Gasteiger partial charge in [-0.15, -0.1) is 0 Å². The summed E-state index contributed by atoms with van der Waals surface area (Å²) in [5, 5.41) is 5.57. The Kier molecular flexibility index (Phi) is 7.12. The van der Waals surface area contributed by atoms with Crippen molar-refractivity contribution in [2.75, 3.05) is 16.6 Å². The van der Waals surface area contributed by atoms with Crippen LogP contribution in [0.1, 0.15) is 15.9 Å². The molecular formula is C22H19ClFN3O4S. The number of benzene rings is 3. The van der Waals surface area contributed by atoms with Crippen LogP contribution in [0.25, 0.3) is 0 Å². The van der Waals surface area contributed by atoms with Crippen molar-refractivity contribution < 1.29 is 22.4 Å². The fourth-order valence-corrected chi connectivity index (χ4v) is 4.04. The molecule has 3 aromatic carbocycles. The molecule has 7 nitrogen and oxygen atoms in total. The minimum absolute atomic E-state index is 0.0214. The summed E-state index contributed by atoms with van der Waals surface area (Å²) < 4.78 is 41.1. The molecule has 0 atom stereocenters. The fourth-order valence-electron chi connectivity index (χ4n) is 2.75. The van der Waals surface area contributed by atoms with E-state index in [9.17, 15) is 22.4 Å². The first kappa shape index (κ1) is 23.2. The summed E-state index contributed by atoms with van der Waals surface area (Å²) in [5.74, 6) is -1.86. The minimum atomic E-state index is -4.13. The Morgan fingerprint density at radius 1 is 0.969 bits per heavy atom. The van der Waals surface area contributed by atoms with Gasteiger partial charge in [0.1, 0.15) is 5.82 Å². The first-order chi connectivity index (χ1) is 15.2. The van der Waals surface area contributed by atoms with E-state index < -0.39 is 27.7 Å². The Bertz CT molecular complexity index is 1280. The Labute approximate surface area is 189 Å². The molecule has 0 aliphatic carbocycles. The Balaban J connectivity index is 1.66. The third-order valence-electron chi connectivity index (χ3n) is 4.48. The van der Waals surface area contributed by atoms with Gasteiger partial charge in [-0.2, -0.15) is 0 Å². The Morgan fingerprint density at radius 2 is 1.66 bits per heavy atom. The quantitative estimate of drug-likeness (QED) is 0.481. The number of para-hydroxylation sites is 1. The van der Waals surface area contributed by atoms with Crippen LogP contribution < -0.4 is 15.4 Å².